The van der Waals surface area contributed by atoms with Crippen molar-refractivity contribution in [1.29, 1.82) is 0 Å². The number of carbonyl (C=O) groups excluding carboxylic acids is 3. The lowest BCUT2D eigenvalue weighted by molar-refractivity contribution is 0.0240. The molecule has 2 aliphatic heterocycles. The van der Waals surface area contributed by atoms with Crippen molar-refractivity contribution < 1.29 is 23.5 Å². The van der Waals surface area contributed by atoms with Gasteiger partial charge in [0.2, 0.25) is 0 Å². The molecule has 4 aliphatic rings. The highest BCUT2D eigenvalue weighted by molar-refractivity contribution is 6.21. The number of aromatic nitrogens is 3. The Morgan fingerprint density at radius 1 is 1.00 bits per heavy atom. The molecule has 230 valence electrons. The maximum absolute atomic E-state index is 14.6. The van der Waals surface area contributed by atoms with E-state index in [0.29, 0.717) is 61.1 Å². The normalized spacial score (nSPS) is 21.9. The summed E-state index contributed by atoms with van der Waals surface area (Å²) in [4.78, 5) is 48.0. The van der Waals surface area contributed by atoms with Crippen LogP contribution in [-0.4, -0.2) is 80.8 Å². The van der Waals surface area contributed by atoms with Gasteiger partial charge in [-0.2, -0.15) is 5.10 Å². The van der Waals surface area contributed by atoms with Gasteiger partial charge in [-0.3, -0.25) is 24.2 Å². The molecule has 0 radical (unpaired) electrons. The van der Waals surface area contributed by atoms with Crippen LogP contribution in [0, 0.1) is 11.7 Å². The summed E-state index contributed by atoms with van der Waals surface area (Å²) in [6.45, 7) is 7.96. The SMILES string of the molecule is CC(C)(C)OC(=O)N1CCN(c2cc(F)cnc2-c2cn(C3CC(CN4C(=O)c5ccccc5C4=O)C3)nc2C2CC2)CC1. The number of piperazine rings is 1. The van der Waals surface area contributed by atoms with Crippen LogP contribution in [0.5, 0.6) is 0 Å². The lowest BCUT2D eigenvalue weighted by atomic mass is 9.80. The van der Waals surface area contributed by atoms with Gasteiger partial charge in [-0.05, 0) is 64.5 Å². The molecule has 0 spiro atoms. The standard InChI is InChI=1S/C33H37FN6O4/c1-33(2,3)44-32(43)38-12-10-37(11-13-38)27-16-22(34)17-35-29(27)26-19-40(36-28(26)21-8-9-21)23-14-20(15-23)18-39-30(41)24-6-4-5-7-25(24)31(39)42/h4-7,16-17,19-21,23H,8-15,18H2,1-3H3. The molecule has 10 nitrogen and oxygen atoms in total. The molecule has 11 heteroatoms. The molecule has 3 aromatic rings. The Bertz CT molecular complexity index is 1590. The number of anilines is 1. The van der Waals surface area contributed by atoms with Crippen molar-refractivity contribution in [3.8, 4) is 11.3 Å². The lowest BCUT2D eigenvalue weighted by Gasteiger charge is -2.37. The first kappa shape index (κ1) is 28.5. The predicted octanol–water partition coefficient (Wildman–Crippen LogP) is 5.27. The van der Waals surface area contributed by atoms with Crippen molar-refractivity contribution in [3.05, 3.63) is 65.4 Å². The summed E-state index contributed by atoms with van der Waals surface area (Å²) >= 11 is 0. The summed E-state index contributed by atoms with van der Waals surface area (Å²) in [5.41, 5.74) is 3.70. The number of rotatable bonds is 6. The Labute approximate surface area is 255 Å². The zero-order valence-corrected chi connectivity index (χ0v) is 25.3. The number of pyridine rings is 1. The smallest absolute Gasteiger partial charge is 0.410 e. The third-order valence-corrected chi connectivity index (χ3v) is 8.99. The fourth-order valence-corrected chi connectivity index (χ4v) is 6.50. The Morgan fingerprint density at radius 2 is 1.66 bits per heavy atom. The van der Waals surface area contributed by atoms with Gasteiger partial charge in [0.15, 0.2) is 0 Å². The Kier molecular flexibility index (Phi) is 6.93. The van der Waals surface area contributed by atoms with Gasteiger partial charge in [0.1, 0.15) is 11.4 Å². The number of benzene rings is 1. The second kappa shape index (κ2) is 10.7. The fourth-order valence-electron chi connectivity index (χ4n) is 6.50. The molecule has 2 saturated carbocycles. The summed E-state index contributed by atoms with van der Waals surface area (Å²) in [6, 6.07) is 8.67. The Hall–Kier alpha value is -4.28. The molecular weight excluding hydrogens is 563 g/mol. The number of halogens is 1. The Morgan fingerprint density at radius 3 is 2.27 bits per heavy atom. The van der Waals surface area contributed by atoms with Crippen molar-refractivity contribution in [2.75, 3.05) is 37.6 Å². The molecule has 4 heterocycles. The number of nitrogens with zero attached hydrogens (tertiary/aromatic N) is 6. The summed E-state index contributed by atoms with van der Waals surface area (Å²) in [6.07, 6.45) is 6.70. The van der Waals surface area contributed by atoms with Crippen molar-refractivity contribution in [2.45, 2.75) is 64.0 Å². The number of hydrogen-bond acceptors (Lipinski definition) is 7. The average molecular weight is 601 g/mol. The molecule has 2 aromatic heterocycles. The lowest BCUT2D eigenvalue weighted by Crippen LogP contribution is -2.50. The van der Waals surface area contributed by atoms with E-state index in [-0.39, 0.29) is 29.9 Å². The monoisotopic (exact) mass is 600 g/mol. The van der Waals surface area contributed by atoms with Gasteiger partial charge in [-0.25, -0.2) is 9.18 Å². The zero-order chi connectivity index (χ0) is 30.7. The number of carbonyl (C=O) groups is 3. The number of amides is 3. The number of ether oxygens (including phenoxy) is 1. The van der Waals surface area contributed by atoms with Gasteiger partial charge in [-0.1, -0.05) is 12.1 Å². The van der Waals surface area contributed by atoms with E-state index < -0.39 is 11.4 Å². The largest absolute Gasteiger partial charge is 0.444 e. The minimum Gasteiger partial charge on any atom is -0.444 e. The highest BCUT2D eigenvalue weighted by Crippen LogP contribution is 2.47. The van der Waals surface area contributed by atoms with Crippen LogP contribution in [-0.2, 0) is 4.74 Å². The molecule has 3 amide bonds. The van der Waals surface area contributed by atoms with Gasteiger partial charge in [-0.15, -0.1) is 0 Å². The molecule has 0 bridgehead atoms. The van der Waals surface area contributed by atoms with Crippen molar-refractivity contribution >= 4 is 23.6 Å². The van der Waals surface area contributed by atoms with E-state index in [4.69, 9.17) is 9.84 Å². The van der Waals surface area contributed by atoms with E-state index in [9.17, 15) is 18.8 Å². The Balaban J connectivity index is 1.06. The van der Waals surface area contributed by atoms with E-state index in [1.807, 2.05) is 31.6 Å². The zero-order valence-electron chi connectivity index (χ0n) is 25.3. The van der Waals surface area contributed by atoms with E-state index in [1.165, 1.54) is 17.2 Å². The van der Waals surface area contributed by atoms with Crippen LogP contribution in [0.1, 0.15) is 84.8 Å². The molecule has 44 heavy (non-hydrogen) atoms. The molecule has 3 fully saturated rings. The van der Waals surface area contributed by atoms with E-state index >= 15 is 0 Å². The van der Waals surface area contributed by atoms with Crippen molar-refractivity contribution in [2.24, 2.45) is 5.92 Å². The van der Waals surface area contributed by atoms with Crippen molar-refractivity contribution in [3.63, 3.8) is 0 Å². The summed E-state index contributed by atoms with van der Waals surface area (Å²) in [7, 11) is 0. The molecule has 7 rings (SSSR count). The molecule has 1 aromatic carbocycles. The molecule has 2 aliphatic carbocycles. The van der Waals surface area contributed by atoms with E-state index in [2.05, 4.69) is 9.88 Å². The van der Waals surface area contributed by atoms with Crippen LogP contribution < -0.4 is 4.90 Å². The van der Waals surface area contributed by atoms with Gasteiger partial charge >= 0.3 is 6.09 Å². The second-order valence-corrected chi connectivity index (χ2v) is 13.4. The first-order chi connectivity index (χ1) is 21.1. The molecule has 1 saturated heterocycles. The maximum Gasteiger partial charge on any atom is 0.410 e. The summed E-state index contributed by atoms with van der Waals surface area (Å²) < 4.78 is 22.1. The number of fused-ring (bicyclic) bond motifs is 1. The number of hydrogen-bond donors (Lipinski definition) is 0. The van der Waals surface area contributed by atoms with Gasteiger partial charge < -0.3 is 14.5 Å². The predicted molar refractivity (Wildman–Crippen MR) is 161 cm³/mol. The fraction of sp³-hybridized carbons (Fsp3) is 0.485. The molecule has 0 N–H and O–H groups in total. The molecular formula is C33H37FN6O4. The number of imide groups is 1. The van der Waals surface area contributed by atoms with E-state index in [1.54, 1.807) is 29.2 Å². The summed E-state index contributed by atoms with van der Waals surface area (Å²) in [5, 5.41) is 5.02. The third kappa shape index (κ3) is 5.33. The van der Waals surface area contributed by atoms with Crippen LogP contribution in [0.3, 0.4) is 0 Å². The van der Waals surface area contributed by atoms with Crippen LogP contribution in [0.15, 0.2) is 42.7 Å². The molecule has 0 unspecified atom stereocenters. The second-order valence-electron chi connectivity index (χ2n) is 13.4. The third-order valence-electron chi connectivity index (χ3n) is 8.99. The van der Waals surface area contributed by atoms with Crippen LogP contribution in [0.4, 0.5) is 14.9 Å². The summed E-state index contributed by atoms with van der Waals surface area (Å²) in [5.74, 6) is -0.278. The topological polar surface area (TPSA) is 101 Å². The van der Waals surface area contributed by atoms with Gasteiger partial charge in [0, 0.05) is 56.5 Å². The van der Waals surface area contributed by atoms with Gasteiger partial charge in [0.05, 0.1) is 40.4 Å². The van der Waals surface area contributed by atoms with Crippen LogP contribution in [0.25, 0.3) is 11.3 Å². The minimum atomic E-state index is -0.567. The first-order valence-corrected chi connectivity index (χ1v) is 15.5. The maximum atomic E-state index is 14.6. The van der Waals surface area contributed by atoms with Gasteiger partial charge in [0.25, 0.3) is 11.8 Å². The highest BCUT2D eigenvalue weighted by atomic mass is 19.1. The van der Waals surface area contributed by atoms with E-state index in [0.717, 1.165) is 36.9 Å². The minimum absolute atomic E-state index is 0.155. The van der Waals surface area contributed by atoms with Crippen molar-refractivity contribution in [1.82, 2.24) is 24.6 Å². The van der Waals surface area contributed by atoms with Crippen LogP contribution >= 0.6 is 0 Å². The molecule has 0 atom stereocenters. The first-order valence-electron chi connectivity index (χ1n) is 15.5. The van der Waals surface area contributed by atoms with Crippen LogP contribution in [0.2, 0.25) is 0 Å². The average Bonchev–Trinajstić information content (AvgIpc) is 3.68. The highest BCUT2D eigenvalue weighted by Gasteiger charge is 2.41. The quantitative estimate of drug-likeness (QED) is 0.356.